The summed E-state index contributed by atoms with van der Waals surface area (Å²) >= 11 is 0. The maximum absolute atomic E-state index is 10.6. The molecule has 0 spiro atoms. The molecule has 1 aromatic heterocycles. The Hall–Kier alpha value is -0.680. The highest BCUT2D eigenvalue weighted by molar-refractivity contribution is 8.13. The van der Waals surface area contributed by atoms with Crippen molar-refractivity contribution in [2.45, 2.75) is 12.7 Å². The Morgan fingerprint density at radius 3 is 2.50 bits per heavy atom. The predicted octanol–water partition coefficient (Wildman–Crippen LogP) is 0.854. The van der Waals surface area contributed by atoms with Gasteiger partial charge >= 0.3 is 0 Å². The fourth-order valence-electron chi connectivity index (χ4n) is 0.680. The molecule has 0 unspecified atom stereocenters. The molecule has 1 heterocycles. The first-order valence-electron chi connectivity index (χ1n) is 3.19. The van der Waals surface area contributed by atoms with Gasteiger partial charge in [0.15, 0.2) is 0 Å². The Bertz CT molecular complexity index is 360. The molecular formula is C6H7ClN2O2S. The molecule has 0 aliphatic heterocycles. The van der Waals surface area contributed by atoms with Crippen molar-refractivity contribution in [1.82, 2.24) is 10.2 Å². The summed E-state index contributed by atoms with van der Waals surface area (Å²) in [6.45, 7) is 1.77. The summed E-state index contributed by atoms with van der Waals surface area (Å²) in [4.78, 5) is 0. The molecule has 0 amide bonds. The molecule has 0 radical (unpaired) electrons. The van der Waals surface area contributed by atoms with Crippen molar-refractivity contribution in [1.29, 1.82) is 0 Å². The molecule has 0 aliphatic rings. The highest BCUT2D eigenvalue weighted by atomic mass is 35.7. The molecule has 1 rings (SSSR count). The lowest BCUT2D eigenvalue weighted by atomic mass is 10.4. The van der Waals surface area contributed by atoms with Gasteiger partial charge in [-0.2, -0.15) is 10.2 Å². The molecule has 6 heteroatoms. The standard InChI is InChI=1S/C6H7ClN2O2S/c1-5-2-3-6(9-8-5)4-12(7,10)11/h2-3H,4H2,1H3. The van der Waals surface area contributed by atoms with Crippen LogP contribution in [0, 0.1) is 6.92 Å². The first-order chi connectivity index (χ1) is 5.47. The number of aryl methyl sites for hydroxylation is 1. The maximum atomic E-state index is 10.6. The van der Waals surface area contributed by atoms with Gasteiger partial charge in [0.2, 0.25) is 9.05 Å². The average Bonchev–Trinajstić information content (AvgIpc) is 1.91. The molecule has 0 saturated heterocycles. The van der Waals surface area contributed by atoms with E-state index in [0.29, 0.717) is 5.69 Å². The lowest BCUT2D eigenvalue weighted by Crippen LogP contribution is -1.99. The van der Waals surface area contributed by atoms with Gasteiger partial charge in [-0.3, -0.25) is 0 Å². The van der Waals surface area contributed by atoms with Crippen LogP contribution in [0.5, 0.6) is 0 Å². The fourth-order valence-corrected chi connectivity index (χ4v) is 1.52. The van der Waals surface area contributed by atoms with Crippen LogP contribution < -0.4 is 0 Å². The Labute approximate surface area is 75.0 Å². The van der Waals surface area contributed by atoms with E-state index in [9.17, 15) is 8.42 Å². The summed E-state index contributed by atoms with van der Waals surface area (Å²) < 4.78 is 21.2. The molecular weight excluding hydrogens is 200 g/mol. The van der Waals surface area contributed by atoms with Crippen LogP contribution >= 0.6 is 10.7 Å². The van der Waals surface area contributed by atoms with Crippen molar-refractivity contribution in [2.24, 2.45) is 0 Å². The average molecular weight is 207 g/mol. The SMILES string of the molecule is Cc1ccc(CS(=O)(=O)Cl)nn1. The van der Waals surface area contributed by atoms with E-state index in [1.165, 1.54) is 0 Å². The summed E-state index contributed by atoms with van der Waals surface area (Å²) in [7, 11) is 1.49. The van der Waals surface area contributed by atoms with E-state index in [1.807, 2.05) is 0 Å². The lowest BCUT2D eigenvalue weighted by molar-refractivity contribution is 0.608. The lowest BCUT2D eigenvalue weighted by Gasteiger charge is -1.95. The maximum Gasteiger partial charge on any atom is 0.238 e. The number of nitrogens with zero attached hydrogens (tertiary/aromatic N) is 2. The second-order valence-corrected chi connectivity index (χ2v) is 5.13. The van der Waals surface area contributed by atoms with E-state index in [-0.39, 0.29) is 5.75 Å². The zero-order valence-electron chi connectivity index (χ0n) is 6.36. The van der Waals surface area contributed by atoms with Gasteiger partial charge in [-0.25, -0.2) is 8.42 Å². The van der Waals surface area contributed by atoms with E-state index in [1.54, 1.807) is 19.1 Å². The Morgan fingerprint density at radius 2 is 2.08 bits per heavy atom. The number of halogens is 1. The second-order valence-electron chi connectivity index (χ2n) is 2.35. The molecule has 0 aromatic carbocycles. The van der Waals surface area contributed by atoms with E-state index < -0.39 is 9.05 Å². The topological polar surface area (TPSA) is 59.9 Å². The van der Waals surface area contributed by atoms with Crippen LogP contribution in [0.4, 0.5) is 0 Å². The van der Waals surface area contributed by atoms with Crippen LogP contribution in [0.1, 0.15) is 11.4 Å². The minimum atomic E-state index is -3.52. The van der Waals surface area contributed by atoms with E-state index in [4.69, 9.17) is 10.7 Å². The van der Waals surface area contributed by atoms with Crippen LogP contribution in [0.3, 0.4) is 0 Å². The normalized spacial score (nSPS) is 11.5. The van der Waals surface area contributed by atoms with Gasteiger partial charge in [0.1, 0.15) is 5.75 Å². The Balaban J connectivity index is 2.85. The third kappa shape index (κ3) is 3.15. The smallest absolute Gasteiger partial charge is 0.212 e. The molecule has 0 saturated carbocycles. The van der Waals surface area contributed by atoms with Crippen molar-refractivity contribution in [3.05, 3.63) is 23.5 Å². The van der Waals surface area contributed by atoms with Crippen molar-refractivity contribution in [3.63, 3.8) is 0 Å². The van der Waals surface area contributed by atoms with Gasteiger partial charge in [-0.1, -0.05) is 0 Å². The largest absolute Gasteiger partial charge is 0.238 e. The molecule has 0 aliphatic carbocycles. The van der Waals surface area contributed by atoms with Crippen LogP contribution in [0.25, 0.3) is 0 Å². The second kappa shape index (κ2) is 3.37. The molecule has 66 valence electrons. The van der Waals surface area contributed by atoms with Crippen molar-refractivity contribution in [3.8, 4) is 0 Å². The molecule has 0 N–H and O–H groups in total. The van der Waals surface area contributed by atoms with Gasteiger partial charge in [0.05, 0.1) is 11.4 Å². The quantitative estimate of drug-likeness (QED) is 0.674. The highest BCUT2D eigenvalue weighted by Crippen LogP contribution is 2.05. The number of hydrogen-bond acceptors (Lipinski definition) is 4. The molecule has 1 aromatic rings. The molecule has 12 heavy (non-hydrogen) atoms. The zero-order chi connectivity index (χ0) is 9.19. The Morgan fingerprint density at radius 1 is 1.42 bits per heavy atom. The van der Waals surface area contributed by atoms with Crippen LogP contribution in [-0.2, 0) is 14.8 Å². The summed E-state index contributed by atoms with van der Waals surface area (Å²) in [5.41, 5.74) is 1.10. The summed E-state index contributed by atoms with van der Waals surface area (Å²) in [6.07, 6.45) is 0. The third-order valence-electron chi connectivity index (χ3n) is 1.17. The molecule has 0 fully saturated rings. The summed E-state index contributed by atoms with van der Waals surface area (Å²) in [5.74, 6) is -0.276. The number of hydrogen-bond donors (Lipinski definition) is 0. The van der Waals surface area contributed by atoms with E-state index in [2.05, 4.69) is 10.2 Å². The number of rotatable bonds is 2. The fraction of sp³-hybridized carbons (Fsp3) is 0.333. The minimum absolute atomic E-state index is 0.276. The van der Waals surface area contributed by atoms with Crippen molar-refractivity contribution in [2.75, 3.05) is 0 Å². The highest BCUT2D eigenvalue weighted by Gasteiger charge is 2.07. The van der Waals surface area contributed by atoms with Gasteiger partial charge in [-0.05, 0) is 19.1 Å². The van der Waals surface area contributed by atoms with Gasteiger partial charge in [0.25, 0.3) is 0 Å². The first kappa shape index (κ1) is 9.41. The summed E-state index contributed by atoms with van der Waals surface area (Å²) in [5, 5.41) is 7.34. The van der Waals surface area contributed by atoms with Crippen LogP contribution in [0.15, 0.2) is 12.1 Å². The number of aromatic nitrogens is 2. The van der Waals surface area contributed by atoms with Gasteiger partial charge in [-0.15, -0.1) is 0 Å². The zero-order valence-corrected chi connectivity index (χ0v) is 7.93. The third-order valence-corrected chi connectivity index (χ3v) is 2.14. The minimum Gasteiger partial charge on any atom is -0.212 e. The van der Waals surface area contributed by atoms with E-state index in [0.717, 1.165) is 5.69 Å². The van der Waals surface area contributed by atoms with Crippen LogP contribution in [0.2, 0.25) is 0 Å². The summed E-state index contributed by atoms with van der Waals surface area (Å²) in [6, 6.07) is 3.27. The van der Waals surface area contributed by atoms with Crippen molar-refractivity contribution >= 4 is 19.7 Å². The Kier molecular flexibility index (Phi) is 2.64. The molecule has 0 bridgehead atoms. The van der Waals surface area contributed by atoms with Gasteiger partial charge < -0.3 is 0 Å². The molecule has 4 nitrogen and oxygen atoms in total. The monoisotopic (exact) mass is 206 g/mol. The molecule has 0 atom stereocenters. The van der Waals surface area contributed by atoms with Gasteiger partial charge in [0, 0.05) is 10.7 Å². The first-order valence-corrected chi connectivity index (χ1v) is 5.67. The predicted molar refractivity (Wildman–Crippen MR) is 45.2 cm³/mol. The van der Waals surface area contributed by atoms with E-state index >= 15 is 0 Å². The van der Waals surface area contributed by atoms with Crippen molar-refractivity contribution < 1.29 is 8.42 Å². The van der Waals surface area contributed by atoms with Crippen LogP contribution in [-0.4, -0.2) is 18.6 Å².